The van der Waals surface area contributed by atoms with Crippen LogP contribution >= 0.6 is 0 Å². The fourth-order valence-electron chi connectivity index (χ4n) is 0.356. The molecule has 1 N–H and O–H groups in total. The largest absolute Gasteiger partial charge is 0.476 e. The van der Waals surface area contributed by atoms with Gasteiger partial charge in [0.05, 0.1) is 0 Å². The molecule has 0 aromatic carbocycles. The van der Waals surface area contributed by atoms with E-state index in [2.05, 4.69) is 9.40 Å². The molecule has 0 saturated carbocycles. The van der Waals surface area contributed by atoms with E-state index in [1.165, 1.54) is 0 Å². The molecule has 0 aliphatic carbocycles. The second-order valence-electron chi connectivity index (χ2n) is 1.30. The minimum Gasteiger partial charge on any atom is -0.476 e. The Morgan fingerprint density at radius 1 is 1.78 bits per heavy atom. The van der Waals surface area contributed by atoms with Crippen LogP contribution < -0.4 is 0 Å². The predicted molar refractivity (Wildman–Crippen MR) is 23.6 cm³/mol. The molecule has 1 rings (SSSR count). The van der Waals surface area contributed by atoms with Gasteiger partial charge in [0.15, 0.2) is 5.69 Å². The van der Waals surface area contributed by atoms with Crippen LogP contribution in [0.5, 0.6) is 6.08 Å². The third kappa shape index (κ3) is 0.987. The number of aromatic carboxylic acids is 1. The highest BCUT2D eigenvalue weighted by Gasteiger charge is 2.09. The van der Waals surface area contributed by atoms with E-state index in [1.807, 2.05) is 0 Å². The summed E-state index contributed by atoms with van der Waals surface area (Å²) in [5, 5.41) is 18.2. The number of carboxylic acid groups (broad SMARTS) is 1. The highest BCUT2D eigenvalue weighted by Crippen LogP contribution is 2.07. The fourth-order valence-corrected chi connectivity index (χ4v) is 0.356. The van der Waals surface area contributed by atoms with Crippen molar-refractivity contribution in [2.75, 3.05) is 0 Å². The zero-order valence-corrected chi connectivity index (χ0v) is 4.20. The van der Waals surface area contributed by atoms with E-state index in [1.54, 1.807) is 0 Å². The van der Waals surface area contributed by atoms with E-state index in [4.69, 9.17) is 5.11 Å². The third-order valence-corrected chi connectivity index (χ3v) is 0.702. The standard InChI is InChI=1S/C4H2NO4/c6-3(7)2-1-9-4(8)5-2/h1H,(H,6,7). The minimum atomic E-state index is -1.26. The maximum absolute atomic E-state index is 10.1. The molecule has 0 amide bonds. The van der Waals surface area contributed by atoms with Gasteiger partial charge >= 0.3 is 12.0 Å². The first kappa shape index (κ1) is 5.61. The summed E-state index contributed by atoms with van der Waals surface area (Å²) in [4.78, 5) is 12.9. The Kier molecular flexibility index (Phi) is 1.11. The van der Waals surface area contributed by atoms with Gasteiger partial charge in [-0.1, -0.05) is 0 Å². The molecule has 5 heteroatoms. The lowest BCUT2D eigenvalue weighted by atomic mass is 10.5. The Morgan fingerprint density at radius 3 is 2.67 bits per heavy atom. The van der Waals surface area contributed by atoms with Gasteiger partial charge in [0, 0.05) is 0 Å². The summed E-state index contributed by atoms with van der Waals surface area (Å²) in [6, 6.07) is 0. The van der Waals surface area contributed by atoms with E-state index >= 15 is 0 Å². The molecular formula is C4H2NO4. The van der Waals surface area contributed by atoms with E-state index in [-0.39, 0.29) is 5.69 Å². The van der Waals surface area contributed by atoms with Crippen LogP contribution in [-0.2, 0) is 5.11 Å². The molecule has 5 nitrogen and oxygen atoms in total. The van der Waals surface area contributed by atoms with Crippen LogP contribution in [0, 0.1) is 0 Å². The third-order valence-electron chi connectivity index (χ3n) is 0.702. The molecule has 0 unspecified atom stereocenters. The van der Waals surface area contributed by atoms with Crippen molar-refractivity contribution in [1.82, 2.24) is 4.98 Å². The van der Waals surface area contributed by atoms with Crippen LogP contribution in [0.25, 0.3) is 0 Å². The second-order valence-corrected chi connectivity index (χ2v) is 1.30. The van der Waals surface area contributed by atoms with Gasteiger partial charge in [0.25, 0.3) is 0 Å². The quantitative estimate of drug-likeness (QED) is 0.597. The van der Waals surface area contributed by atoms with E-state index in [0.717, 1.165) is 6.26 Å². The van der Waals surface area contributed by atoms with Crippen molar-refractivity contribution >= 4 is 5.97 Å². The SMILES string of the molecule is [O]c1nc(C(=O)O)co1. The molecule has 47 valence electrons. The second kappa shape index (κ2) is 1.77. The molecule has 0 bridgehead atoms. The van der Waals surface area contributed by atoms with Gasteiger partial charge in [-0.3, -0.25) is 0 Å². The highest BCUT2D eigenvalue weighted by molar-refractivity contribution is 5.84. The van der Waals surface area contributed by atoms with Crippen molar-refractivity contribution in [3.63, 3.8) is 0 Å². The summed E-state index contributed by atoms with van der Waals surface area (Å²) < 4.78 is 4.08. The van der Waals surface area contributed by atoms with E-state index < -0.39 is 12.0 Å². The first-order chi connectivity index (χ1) is 4.20. The molecule has 0 aliphatic rings. The summed E-state index contributed by atoms with van der Waals surface area (Å²) in [5.74, 6) is -1.26. The van der Waals surface area contributed by atoms with Crippen LogP contribution in [0.1, 0.15) is 10.5 Å². The number of hydrogen-bond acceptors (Lipinski definition) is 3. The average molecular weight is 128 g/mol. The lowest BCUT2D eigenvalue weighted by Crippen LogP contribution is -1.94. The van der Waals surface area contributed by atoms with Gasteiger partial charge in [-0.2, -0.15) is 4.98 Å². The van der Waals surface area contributed by atoms with Crippen molar-refractivity contribution in [3.05, 3.63) is 12.0 Å². The zero-order valence-electron chi connectivity index (χ0n) is 4.20. The molecule has 1 radical (unpaired) electrons. The highest BCUT2D eigenvalue weighted by atomic mass is 16.5. The zero-order chi connectivity index (χ0) is 6.85. The van der Waals surface area contributed by atoms with Crippen LogP contribution in [0.3, 0.4) is 0 Å². The molecule has 0 spiro atoms. The first-order valence-electron chi connectivity index (χ1n) is 2.06. The molecular weight excluding hydrogens is 126 g/mol. The number of carbonyl (C=O) groups is 1. The van der Waals surface area contributed by atoms with Gasteiger partial charge in [0.2, 0.25) is 0 Å². The molecule has 0 aliphatic heterocycles. The summed E-state index contributed by atoms with van der Waals surface area (Å²) in [6.07, 6.45) is -0.0857. The van der Waals surface area contributed by atoms with E-state index in [0.29, 0.717) is 0 Å². The normalized spacial score (nSPS) is 9.33. The number of aromatic nitrogens is 1. The molecule has 0 saturated heterocycles. The molecule has 1 heterocycles. The molecule has 1 aromatic rings. The topological polar surface area (TPSA) is 83.2 Å². The summed E-state index contributed by atoms with van der Waals surface area (Å²) in [5.41, 5.74) is -0.361. The summed E-state index contributed by atoms with van der Waals surface area (Å²) in [6.45, 7) is 0. The van der Waals surface area contributed by atoms with Gasteiger partial charge < -0.3 is 9.52 Å². The predicted octanol–water partition coefficient (Wildman–Crippen LogP) is 0.517. The maximum atomic E-state index is 10.1. The van der Waals surface area contributed by atoms with Gasteiger partial charge in [-0.25, -0.2) is 9.90 Å². The lowest BCUT2D eigenvalue weighted by Gasteiger charge is -1.75. The van der Waals surface area contributed by atoms with Gasteiger partial charge in [-0.15, -0.1) is 0 Å². The van der Waals surface area contributed by atoms with E-state index in [9.17, 15) is 9.90 Å². The molecule has 0 fully saturated rings. The van der Waals surface area contributed by atoms with Crippen molar-refractivity contribution in [2.45, 2.75) is 0 Å². The van der Waals surface area contributed by atoms with Crippen LogP contribution in [0.4, 0.5) is 0 Å². The number of rotatable bonds is 1. The Bertz CT molecular complexity index is 228. The fraction of sp³-hybridized carbons (Fsp3) is 0. The Morgan fingerprint density at radius 2 is 2.44 bits per heavy atom. The van der Waals surface area contributed by atoms with Crippen molar-refractivity contribution in [1.29, 1.82) is 0 Å². The average Bonchev–Trinajstić information content (AvgIpc) is 2.14. The van der Waals surface area contributed by atoms with Crippen LogP contribution in [0.2, 0.25) is 0 Å². The lowest BCUT2D eigenvalue weighted by molar-refractivity contribution is 0.0690. The Balaban J connectivity index is 2.98. The van der Waals surface area contributed by atoms with Crippen molar-refractivity contribution < 1.29 is 19.4 Å². The Hall–Kier alpha value is -1.52. The van der Waals surface area contributed by atoms with Crippen molar-refractivity contribution in [2.24, 2.45) is 0 Å². The summed E-state index contributed by atoms with van der Waals surface area (Å²) in [7, 11) is 0. The number of oxazole rings is 1. The molecule has 0 atom stereocenters. The number of nitrogens with zero attached hydrogens (tertiary/aromatic N) is 1. The van der Waals surface area contributed by atoms with Gasteiger partial charge in [0.1, 0.15) is 6.26 Å². The number of carboxylic acids is 1. The smallest absolute Gasteiger partial charge is 0.439 e. The van der Waals surface area contributed by atoms with Gasteiger partial charge in [-0.05, 0) is 0 Å². The maximum Gasteiger partial charge on any atom is 0.439 e. The minimum absolute atomic E-state index is 0.361. The Labute approximate surface area is 49.6 Å². The number of hydrogen-bond donors (Lipinski definition) is 1. The van der Waals surface area contributed by atoms with Crippen LogP contribution in [0.15, 0.2) is 10.7 Å². The molecule has 9 heavy (non-hydrogen) atoms. The van der Waals surface area contributed by atoms with Crippen molar-refractivity contribution in [3.8, 4) is 6.08 Å². The monoisotopic (exact) mass is 128 g/mol. The van der Waals surface area contributed by atoms with Crippen LogP contribution in [-0.4, -0.2) is 16.1 Å². The summed E-state index contributed by atoms with van der Waals surface area (Å²) >= 11 is 0. The molecule has 1 aromatic heterocycles. The first-order valence-corrected chi connectivity index (χ1v) is 2.06.